The molecule has 0 spiro atoms. The van der Waals surface area contributed by atoms with Crippen molar-refractivity contribution in [1.82, 2.24) is 10.3 Å². The molecule has 1 N–H and O–H groups in total. The maximum atomic E-state index is 12.4. The predicted molar refractivity (Wildman–Crippen MR) is 85.0 cm³/mol. The second-order valence-electron chi connectivity index (χ2n) is 5.37. The van der Waals surface area contributed by atoms with Gasteiger partial charge in [0.2, 0.25) is 5.91 Å². The van der Waals surface area contributed by atoms with Crippen LogP contribution in [0.2, 0.25) is 0 Å². The smallest absolute Gasteiger partial charge is 0.229 e. The Labute approximate surface area is 133 Å². The Morgan fingerprint density at radius 3 is 2.39 bits per heavy atom. The zero-order valence-corrected chi connectivity index (χ0v) is 13.2. The Bertz CT molecular complexity index is 815. The van der Waals surface area contributed by atoms with Gasteiger partial charge < -0.3 is 14.4 Å². The molecule has 0 saturated heterocycles. The summed E-state index contributed by atoms with van der Waals surface area (Å²) in [6.45, 7) is 5.41. The molecule has 2 heterocycles. The van der Waals surface area contributed by atoms with Crippen molar-refractivity contribution in [1.29, 1.82) is 0 Å². The van der Waals surface area contributed by atoms with Crippen molar-refractivity contribution in [2.24, 2.45) is 0 Å². The first-order valence-electron chi connectivity index (χ1n) is 7.29. The maximum Gasteiger partial charge on any atom is 0.229 e. The second-order valence-corrected chi connectivity index (χ2v) is 5.37. The van der Waals surface area contributed by atoms with E-state index in [2.05, 4.69) is 15.6 Å². The number of hydrogen-bond acceptors (Lipinski definition) is 5. The van der Waals surface area contributed by atoms with Crippen LogP contribution in [0.5, 0.6) is 0 Å². The molecule has 0 aliphatic rings. The van der Waals surface area contributed by atoms with Crippen LogP contribution in [0.25, 0.3) is 11.3 Å². The lowest BCUT2D eigenvalue weighted by Gasteiger charge is -2.06. The molecule has 0 fully saturated rings. The molecule has 0 aliphatic carbocycles. The van der Waals surface area contributed by atoms with Crippen molar-refractivity contribution >= 4 is 11.6 Å². The molecule has 23 heavy (non-hydrogen) atoms. The lowest BCUT2D eigenvalue weighted by atomic mass is 10.1. The van der Waals surface area contributed by atoms with E-state index in [0.29, 0.717) is 22.9 Å². The number of nitrogens with zero attached hydrogens (tertiary/aromatic N) is 2. The van der Waals surface area contributed by atoms with Gasteiger partial charge in [0.15, 0.2) is 5.76 Å². The van der Waals surface area contributed by atoms with E-state index in [1.165, 1.54) is 0 Å². The summed E-state index contributed by atoms with van der Waals surface area (Å²) in [5.74, 6) is 1.04. The molecule has 0 unspecified atom stereocenters. The Morgan fingerprint density at radius 2 is 1.74 bits per heavy atom. The van der Waals surface area contributed by atoms with Gasteiger partial charge in [0.05, 0.1) is 12.1 Å². The third-order valence-electron chi connectivity index (χ3n) is 3.68. The van der Waals surface area contributed by atoms with E-state index < -0.39 is 0 Å². The summed E-state index contributed by atoms with van der Waals surface area (Å²) in [5, 5.41) is 10.7. The molecule has 3 aromatic rings. The van der Waals surface area contributed by atoms with Crippen LogP contribution in [0, 0.1) is 20.8 Å². The quantitative estimate of drug-likeness (QED) is 0.798. The highest BCUT2D eigenvalue weighted by atomic mass is 16.5. The molecule has 2 aromatic heterocycles. The van der Waals surface area contributed by atoms with E-state index in [0.717, 1.165) is 16.8 Å². The molecule has 0 saturated carbocycles. The highest BCUT2D eigenvalue weighted by molar-refractivity contribution is 5.96. The summed E-state index contributed by atoms with van der Waals surface area (Å²) in [7, 11) is 0. The highest BCUT2D eigenvalue weighted by Gasteiger charge is 2.19. The van der Waals surface area contributed by atoms with Crippen LogP contribution in [-0.4, -0.2) is 16.2 Å². The van der Waals surface area contributed by atoms with Gasteiger partial charge in [-0.3, -0.25) is 4.79 Å². The number of aromatic nitrogens is 2. The van der Waals surface area contributed by atoms with Gasteiger partial charge in [-0.2, -0.15) is 0 Å². The van der Waals surface area contributed by atoms with Gasteiger partial charge in [0.25, 0.3) is 0 Å². The Morgan fingerprint density at radius 1 is 1.04 bits per heavy atom. The normalized spacial score (nSPS) is 10.7. The molecular weight excluding hydrogens is 294 g/mol. The van der Waals surface area contributed by atoms with Gasteiger partial charge in [-0.05, 0) is 20.8 Å². The fourth-order valence-corrected chi connectivity index (χ4v) is 2.40. The highest BCUT2D eigenvalue weighted by Crippen LogP contribution is 2.30. The number of nitrogens with one attached hydrogen (secondary N) is 1. The standard InChI is InChI=1S/C17H17N3O3/c1-10-14(12(3)22-19-10)9-15(21)18-16-11(2)20-23-17(16)13-7-5-4-6-8-13/h4-8H,9H2,1-3H3,(H,18,21). The number of carbonyl (C=O) groups is 1. The molecule has 1 amide bonds. The Kier molecular flexibility index (Phi) is 3.97. The minimum Gasteiger partial charge on any atom is -0.361 e. The number of amides is 1. The van der Waals surface area contributed by atoms with Crippen LogP contribution in [0.3, 0.4) is 0 Å². The zero-order chi connectivity index (χ0) is 16.4. The fourth-order valence-electron chi connectivity index (χ4n) is 2.40. The summed E-state index contributed by atoms with van der Waals surface area (Å²) >= 11 is 0. The molecule has 118 valence electrons. The molecule has 0 aliphatic heterocycles. The average molecular weight is 311 g/mol. The van der Waals surface area contributed by atoms with E-state index in [1.807, 2.05) is 37.3 Å². The number of aryl methyl sites for hydroxylation is 3. The van der Waals surface area contributed by atoms with Crippen LogP contribution in [-0.2, 0) is 11.2 Å². The summed E-state index contributed by atoms with van der Waals surface area (Å²) in [5.41, 5.74) is 3.62. The molecule has 6 heteroatoms. The molecule has 1 aromatic carbocycles. The summed E-state index contributed by atoms with van der Waals surface area (Å²) in [6, 6.07) is 9.54. The fraction of sp³-hybridized carbons (Fsp3) is 0.235. The van der Waals surface area contributed by atoms with Gasteiger partial charge in [0, 0.05) is 11.1 Å². The van der Waals surface area contributed by atoms with E-state index in [4.69, 9.17) is 9.05 Å². The zero-order valence-electron chi connectivity index (χ0n) is 13.2. The molecule has 0 radical (unpaired) electrons. The minimum absolute atomic E-state index is 0.164. The van der Waals surface area contributed by atoms with Gasteiger partial charge in [-0.1, -0.05) is 40.6 Å². The minimum atomic E-state index is -0.164. The van der Waals surface area contributed by atoms with E-state index in [-0.39, 0.29) is 12.3 Å². The maximum absolute atomic E-state index is 12.4. The number of benzene rings is 1. The van der Waals surface area contributed by atoms with Crippen LogP contribution >= 0.6 is 0 Å². The van der Waals surface area contributed by atoms with Gasteiger partial charge in [-0.25, -0.2) is 0 Å². The number of anilines is 1. The second kappa shape index (κ2) is 6.08. The van der Waals surface area contributed by atoms with Crippen molar-refractivity contribution in [3.63, 3.8) is 0 Å². The van der Waals surface area contributed by atoms with E-state index in [9.17, 15) is 4.79 Å². The van der Waals surface area contributed by atoms with Gasteiger partial charge in [-0.15, -0.1) is 0 Å². The van der Waals surface area contributed by atoms with Crippen LogP contribution in [0.4, 0.5) is 5.69 Å². The topological polar surface area (TPSA) is 81.2 Å². The molecular formula is C17H17N3O3. The lowest BCUT2D eigenvalue weighted by Crippen LogP contribution is -2.16. The van der Waals surface area contributed by atoms with Crippen molar-refractivity contribution < 1.29 is 13.8 Å². The molecule has 3 rings (SSSR count). The van der Waals surface area contributed by atoms with Gasteiger partial charge >= 0.3 is 0 Å². The lowest BCUT2D eigenvalue weighted by molar-refractivity contribution is -0.115. The summed E-state index contributed by atoms with van der Waals surface area (Å²) in [6.07, 6.45) is 0.194. The third kappa shape index (κ3) is 3.01. The largest absolute Gasteiger partial charge is 0.361 e. The van der Waals surface area contributed by atoms with Crippen LogP contribution in [0.15, 0.2) is 39.4 Å². The van der Waals surface area contributed by atoms with Gasteiger partial charge in [0.1, 0.15) is 17.1 Å². The molecule has 6 nitrogen and oxygen atoms in total. The first-order valence-corrected chi connectivity index (χ1v) is 7.29. The van der Waals surface area contributed by atoms with Crippen LogP contribution in [0.1, 0.15) is 22.7 Å². The third-order valence-corrected chi connectivity index (χ3v) is 3.68. The van der Waals surface area contributed by atoms with Crippen molar-refractivity contribution in [2.45, 2.75) is 27.2 Å². The first-order chi connectivity index (χ1) is 11.1. The molecule has 0 bridgehead atoms. The summed E-state index contributed by atoms with van der Waals surface area (Å²) in [4.78, 5) is 12.4. The Balaban J connectivity index is 1.83. The van der Waals surface area contributed by atoms with Crippen molar-refractivity contribution in [2.75, 3.05) is 5.32 Å². The average Bonchev–Trinajstić information content (AvgIpc) is 3.06. The summed E-state index contributed by atoms with van der Waals surface area (Å²) < 4.78 is 10.5. The van der Waals surface area contributed by atoms with Crippen molar-refractivity contribution in [3.8, 4) is 11.3 Å². The SMILES string of the molecule is Cc1noc(C)c1CC(=O)Nc1c(C)noc1-c1ccccc1. The number of rotatable bonds is 4. The van der Waals surface area contributed by atoms with Crippen molar-refractivity contribution in [3.05, 3.63) is 53.0 Å². The number of hydrogen-bond donors (Lipinski definition) is 1. The predicted octanol–water partition coefficient (Wildman–Crippen LogP) is 3.44. The first kappa shape index (κ1) is 15.0. The monoisotopic (exact) mass is 311 g/mol. The van der Waals surface area contributed by atoms with E-state index >= 15 is 0 Å². The number of carbonyl (C=O) groups excluding carboxylic acids is 1. The Hall–Kier alpha value is -2.89. The van der Waals surface area contributed by atoms with Crippen LogP contribution < -0.4 is 5.32 Å². The molecule has 0 atom stereocenters. The van der Waals surface area contributed by atoms with E-state index in [1.54, 1.807) is 13.8 Å².